The minimum atomic E-state index is -0.210. The summed E-state index contributed by atoms with van der Waals surface area (Å²) in [5.74, 6) is 1.39. The molecule has 1 aliphatic heterocycles. The third-order valence-electron chi connectivity index (χ3n) is 7.38. The molecule has 1 amide bonds. The minimum Gasteiger partial charge on any atom is -0.496 e. The monoisotopic (exact) mass is 544 g/mol. The van der Waals surface area contributed by atoms with Crippen molar-refractivity contribution in [2.75, 3.05) is 45.3 Å². The number of benzene rings is 2. The van der Waals surface area contributed by atoms with Crippen molar-refractivity contribution in [1.82, 2.24) is 10.3 Å². The predicted octanol–water partition coefficient (Wildman–Crippen LogP) is 5.07. The summed E-state index contributed by atoms with van der Waals surface area (Å²) in [5, 5.41) is 4.20. The van der Waals surface area contributed by atoms with Crippen LogP contribution < -0.4 is 19.8 Å². The number of hydrazone groups is 1. The van der Waals surface area contributed by atoms with Gasteiger partial charge in [0.1, 0.15) is 16.0 Å². The molecule has 0 aromatic heterocycles. The van der Waals surface area contributed by atoms with E-state index >= 15 is 0 Å². The summed E-state index contributed by atoms with van der Waals surface area (Å²) < 4.78 is 11.3. The molecule has 2 aromatic carbocycles. The molecular weight excluding hydrogens is 511 g/mol. The molecule has 1 saturated heterocycles. The molecule has 9 heteroatoms. The number of hydrogen-bond acceptors (Lipinski definition) is 6. The predicted molar refractivity (Wildman–Crippen MR) is 150 cm³/mol. The number of methoxy groups -OCH3 is 2. The number of carbonyl (C=O) groups is 1. The first kappa shape index (κ1) is 27.3. The topological polar surface area (TPSA) is 66.4 Å². The maximum Gasteiger partial charge on any atom is 0.244 e. The van der Waals surface area contributed by atoms with Crippen molar-refractivity contribution in [2.45, 2.75) is 20.4 Å². The van der Waals surface area contributed by atoms with Crippen molar-refractivity contribution in [3.63, 3.8) is 0 Å². The van der Waals surface area contributed by atoms with E-state index < -0.39 is 0 Å². The number of piperazine rings is 1. The van der Waals surface area contributed by atoms with Crippen LogP contribution in [0.1, 0.15) is 25.0 Å². The largest absolute Gasteiger partial charge is 0.496 e. The van der Waals surface area contributed by atoms with Crippen LogP contribution in [-0.2, 0) is 11.3 Å². The minimum absolute atomic E-state index is 0.00346. The Bertz CT molecular complexity index is 1170. The van der Waals surface area contributed by atoms with Crippen molar-refractivity contribution in [2.24, 2.45) is 22.4 Å². The highest BCUT2D eigenvalue weighted by atomic mass is 35.5. The smallest absolute Gasteiger partial charge is 0.244 e. The van der Waals surface area contributed by atoms with Gasteiger partial charge in [-0.05, 0) is 53.3 Å². The number of halogens is 2. The molecule has 1 N–H and O–H groups in total. The molecule has 1 heterocycles. The lowest BCUT2D eigenvalue weighted by molar-refractivity contribution is -0.123. The van der Waals surface area contributed by atoms with E-state index in [1.807, 2.05) is 44.2 Å². The third-order valence-corrected chi connectivity index (χ3v) is 7.64. The second-order valence-electron chi connectivity index (χ2n) is 10.0. The molecule has 2 aromatic rings. The van der Waals surface area contributed by atoms with Crippen LogP contribution in [0.25, 0.3) is 0 Å². The van der Waals surface area contributed by atoms with Gasteiger partial charge in [-0.1, -0.05) is 49.2 Å². The van der Waals surface area contributed by atoms with Crippen molar-refractivity contribution >= 4 is 41.0 Å². The Kier molecular flexibility index (Phi) is 8.67. The summed E-state index contributed by atoms with van der Waals surface area (Å²) in [5.41, 5.74) is 5.57. The zero-order chi connectivity index (χ0) is 26.6. The molecule has 2 fully saturated rings. The molecule has 7 nitrogen and oxygen atoms in total. The molecular formula is C28H34Cl2N4O3. The van der Waals surface area contributed by atoms with Gasteiger partial charge in [0.25, 0.3) is 0 Å². The lowest BCUT2D eigenvalue weighted by Crippen LogP contribution is -2.46. The van der Waals surface area contributed by atoms with E-state index in [2.05, 4.69) is 32.5 Å². The summed E-state index contributed by atoms with van der Waals surface area (Å²) in [6.07, 6.45) is 3.39. The first-order chi connectivity index (χ1) is 17.7. The van der Waals surface area contributed by atoms with E-state index in [1.54, 1.807) is 26.5 Å². The maximum atomic E-state index is 12.6. The van der Waals surface area contributed by atoms with Gasteiger partial charge in [-0.3, -0.25) is 9.69 Å². The summed E-state index contributed by atoms with van der Waals surface area (Å²) in [6, 6.07) is 14.1. The van der Waals surface area contributed by atoms with Crippen LogP contribution in [0.15, 0.2) is 58.1 Å². The number of anilines is 1. The Balaban J connectivity index is 1.35. The molecule has 0 spiro atoms. The zero-order valence-electron chi connectivity index (χ0n) is 21.7. The van der Waals surface area contributed by atoms with Crippen molar-refractivity contribution < 1.29 is 14.3 Å². The molecule has 37 heavy (non-hydrogen) atoms. The average Bonchev–Trinajstić information content (AvgIpc) is 3.43. The van der Waals surface area contributed by atoms with Gasteiger partial charge < -0.3 is 14.4 Å². The molecule has 2 unspecified atom stereocenters. The van der Waals surface area contributed by atoms with Crippen molar-refractivity contribution in [3.8, 4) is 11.5 Å². The van der Waals surface area contributed by atoms with E-state index in [0.29, 0.717) is 0 Å². The molecule has 2 atom stereocenters. The molecule has 2 aliphatic rings. The van der Waals surface area contributed by atoms with E-state index in [-0.39, 0.29) is 27.6 Å². The van der Waals surface area contributed by atoms with Crippen LogP contribution in [0.4, 0.5) is 5.69 Å². The quantitative estimate of drug-likeness (QED) is 0.352. The lowest BCUT2D eigenvalue weighted by atomic mass is 10.1. The SMILES string of the molecule is COc1ccc(/C=N/NC(=O)C2C(C=C(Cl)Cl)C2(C)C)cc1CN1CCN(c2ccccc2OC)CC1. The number of amides is 1. The van der Waals surface area contributed by atoms with Gasteiger partial charge in [-0.25, -0.2) is 5.43 Å². The third kappa shape index (κ3) is 6.40. The average molecular weight is 546 g/mol. The lowest BCUT2D eigenvalue weighted by Gasteiger charge is -2.36. The van der Waals surface area contributed by atoms with E-state index in [0.717, 1.165) is 61.0 Å². The van der Waals surface area contributed by atoms with Crippen LogP contribution in [0.5, 0.6) is 11.5 Å². The maximum absolute atomic E-state index is 12.6. The number of rotatable bonds is 9. The highest BCUT2D eigenvalue weighted by Gasteiger charge is 2.60. The Labute approximate surface area is 229 Å². The van der Waals surface area contributed by atoms with Gasteiger partial charge in [0, 0.05) is 38.3 Å². The van der Waals surface area contributed by atoms with Crippen LogP contribution in [0.2, 0.25) is 0 Å². The Morgan fingerprint density at radius 1 is 1.08 bits per heavy atom. The van der Waals surface area contributed by atoms with Gasteiger partial charge in [-0.15, -0.1) is 0 Å². The first-order valence-corrected chi connectivity index (χ1v) is 13.1. The number of nitrogens with one attached hydrogen (secondary N) is 1. The molecule has 4 rings (SSSR count). The number of ether oxygens (including phenoxy) is 2. The number of carbonyl (C=O) groups excluding carboxylic acids is 1. The van der Waals surface area contributed by atoms with Crippen LogP contribution in [0, 0.1) is 17.3 Å². The van der Waals surface area contributed by atoms with E-state index in [1.165, 1.54) is 0 Å². The van der Waals surface area contributed by atoms with E-state index in [9.17, 15) is 4.79 Å². The van der Waals surface area contributed by atoms with Gasteiger partial charge in [0.15, 0.2) is 0 Å². The molecule has 0 radical (unpaired) electrons. The number of hydrogen-bond donors (Lipinski definition) is 1. The molecule has 198 valence electrons. The Morgan fingerprint density at radius 3 is 2.46 bits per heavy atom. The van der Waals surface area contributed by atoms with Gasteiger partial charge in [0.2, 0.25) is 5.91 Å². The van der Waals surface area contributed by atoms with Gasteiger partial charge in [-0.2, -0.15) is 5.10 Å². The molecule has 0 bridgehead atoms. The Morgan fingerprint density at radius 2 is 1.78 bits per heavy atom. The van der Waals surface area contributed by atoms with E-state index in [4.69, 9.17) is 32.7 Å². The normalized spacial score (nSPS) is 21.0. The zero-order valence-corrected chi connectivity index (χ0v) is 23.2. The molecule has 1 saturated carbocycles. The second-order valence-corrected chi connectivity index (χ2v) is 11.0. The second kappa shape index (κ2) is 11.8. The van der Waals surface area contributed by atoms with Crippen molar-refractivity contribution in [1.29, 1.82) is 0 Å². The first-order valence-electron chi connectivity index (χ1n) is 12.4. The fourth-order valence-corrected chi connectivity index (χ4v) is 5.42. The number of nitrogens with zero attached hydrogens (tertiary/aromatic N) is 3. The molecule has 1 aliphatic carbocycles. The summed E-state index contributed by atoms with van der Waals surface area (Å²) >= 11 is 11.6. The van der Waals surface area contributed by atoms with Crippen LogP contribution >= 0.6 is 23.2 Å². The number of allylic oxidation sites excluding steroid dienone is 1. The van der Waals surface area contributed by atoms with Crippen molar-refractivity contribution in [3.05, 3.63) is 64.2 Å². The summed E-state index contributed by atoms with van der Waals surface area (Å²) in [7, 11) is 3.39. The fourth-order valence-electron chi connectivity index (χ4n) is 5.15. The number of para-hydroxylation sites is 2. The Hall–Kier alpha value is -2.74. The van der Waals surface area contributed by atoms with Crippen LogP contribution in [0.3, 0.4) is 0 Å². The van der Waals surface area contributed by atoms with Gasteiger partial charge >= 0.3 is 0 Å². The fraction of sp³-hybridized carbons (Fsp3) is 0.429. The van der Waals surface area contributed by atoms with Crippen LogP contribution in [-0.4, -0.2) is 57.4 Å². The highest BCUT2D eigenvalue weighted by molar-refractivity contribution is 6.55. The highest BCUT2D eigenvalue weighted by Crippen LogP contribution is 2.59. The summed E-state index contributed by atoms with van der Waals surface area (Å²) in [6.45, 7) is 8.48. The summed E-state index contributed by atoms with van der Waals surface area (Å²) in [4.78, 5) is 17.4. The van der Waals surface area contributed by atoms with Gasteiger partial charge in [0.05, 0.1) is 32.0 Å². The standard InChI is InChI=1S/C28H34Cl2N4O3/c1-28(2)21(16-25(29)30)26(28)27(35)32-31-17-19-9-10-23(36-3)20(15-19)18-33-11-13-34(14-12-33)22-7-5-6-8-24(22)37-4/h5-10,15-17,21,26H,11-14,18H2,1-4H3,(H,32,35)/b31-17+.